The fraction of sp³-hybridized carbons (Fsp3) is 0.250. The first-order valence-corrected chi connectivity index (χ1v) is 5.91. The Morgan fingerprint density at radius 3 is 2.62 bits per heavy atom. The molecule has 0 saturated heterocycles. The lowest BCUT2D eigenvalue weighted by molar-refractivity contribution is -0.274. The summed E-state index contributed by atoms with van der Waals surface area (Å²) in [6, 6.07) is 4.89. The second-order valence-electron chi connectivity index (χ2n) is 4.33. The number of ether oxygens (including phenoxy) is 1. The highest BCUT2D eigenvalue weighted by Crippen LogP contribution is 2.29. The molecule has 6 nitrogen and oxygen atoms in total. The van der Waals surface area contributed by atoms with Crippen LogP contribution >= 0.6 is 0 Å². The van der Waals surface area contributed by atoms with Crippen LogP contribution in [0.3, 0.4) is 0 Å². The Kier molecular flexibility index (Phi) is 4.05. The number of hydrazine groups is 1. The quantitative estimate of drug-likeness (QED) is 0.587. The van der Waals surface area contributed by atoms with E-state index in [0.717, 1.165) is 0 Å². The number of anilines is 1. The van der Waals surface area contributed by atoms with Crippen molar-refractivity contribution in [3.63, 3.8) is 0 Å². The number of rotatable bonds is 4. The van der Waals surface area contributed by atoms with Crippen molar-refractivity contribution in [2.75, 3.05) is 5.73 Å². The first-order chi connectivity index (χ1) is 9.81. The Labute approximate surface area is 118 Å². The van der Waals surface area contributed by atoms with E-state index in [4.69, 9.17) is 11.6 Å². The molecule has 114 valence electrons. The lowest BCUT2D eigenvalue weighted by atomic mass is 10.0. The van der Waals surface area contributed by atoms with Gasteiger partial charge in [0.15, 0.2) is 0 Å². The van der Waals surface area contributed by atoms with Gasteiger partial charge in [-0.15, -0.1) is 13.2 Å². The van der Waals surface area contributed by atoms with Gasteiger partial charge >= 0.3 is 6.36 Å². The lowest BCUT2D eigenvalue weighted by Gasteiger charge is -2.17. The third-order valence-electron chi connectivity index (χ3n) is 2.92. The van der Waals surface area contributed by atoms with Gasteiger partial charge in [-0.3, -0.25) is 10.5 Å². The summed E-state index contributed by atoms with van der Waals surface area (Å²) in [5, 5.41) is 3.98. The van der Waals surface area contributed by atoms with Crippen LogP contribution in [0.4, 0.5) is 19.0 Å². The molecular weight excluding hydrogens is 287 g/mol. The first kappa shape index (κ1) is 15.1. The Bertz CT molecular complexity index is 626. The molecule has 0 radical (unpaired) electrons. The summed E-state index contributed by atoms with van der Waals surface area (Å²) in [5.74, 6) is 5.52. The first-order valence-electron chi connectivity index (χ1n) is 5.91. The molecule has 1 unspecified atom stereocenters. The van der Waals surface area contributed by atoms with Gasteiger partial charge in [0.2, 0.25) is 0 Å². The minimum Gasteiger partial charge on any atom is -0.406 e. The van der Waals surface area contributed by atoms with Crippen LogP contribution in [-0.4, -0.2) is 16.1 Å². The maximum atomic E-state index is 12.3. The van der Waals surface area contributed by atoms with Crippen molar-refractivity contribution in [1.82, 2.24) is 15.2 Å². The summed E-state index contributed by atoms with van der Waals surface area (Å²) in [5.41, 5.74) is 9.39. The molecule has 0 bridgehead atoms. The van der Waals surface area contributed by atoms with Gasteiger partial charge in [-0.1, -0.05) is 12.1 Å². The van der Waals surface area contributed by atoms with Gasteiger partial charge in [-0.25, -0.2) is 5.43 Å². The molecule has 9 heteroatoms. The van der Waals surface area contributed by atoms with Crippen LogP contribution in [0.2, 0.25) is 0 Å². The molecule has 0 spiro atoms. The van der Waals surface area contributed by atoms with Crippen molar-refractivity contribution in [1.29, 1.82) is 0 Å². The van der Waals surface area contributed by atoms with Crippen molar-refractivity contribution in [3.05, 3.63) is 41.6 Å². The van der Waals surface area contributed by atoms with E-state index in [1.54, 1.807) is 13.1 Å². The summed E-state index contributed by atoms with van der Waals surface area (Å²) in [6.07, 6.45) is -3.26. The molecule has 1 aromatic heterocycles. The molecule has 21 heavy (non-hydrogen) atoms. The largest absolute Gasteiger partial charge is 0.573 e. The summed E-state index contributed by atoms with van der Waals surface area (Å²) >= 11 is 0. The van der Waals surface area contributed by atoms with Crippen LogP contribution in [0.15, 0.2) is 30.5 Å². The van der Waals surface area contributed by atoms with E-state index >= 15 is 0 Å². The SMILES string of the molecule is Cn1ncc(C(NN)c2cccc(OC(F)(F)F)c2)c1N. The van der Waals surface area contributed by atoms with Gasteiger partial charge in [-0.05, 0) is 17.7 Å². The van der Waals surface area contributed by atoms with Crippen LogP contribution < -0.4 is 21.7 Å². The molecule has 0 amide bonds. The highest BCUT2D eigenvalue weighted by Gasteiger charge is 2.31. The topological polar surface area (TPSA) is 91.1 Å². The van der Waals surface area contributed by atoms with E-state index in [-0.39, 0.29) is 5.75 Å². The molecule has 2 rings (SSSR count). The van der Waals surface area contributed by atoms with Crippen LogP contribution in [0.5, 0.6) is 5.75 Å². The molecular formula is C12H14F3N5O. The molecule has 0 aliphatic heterocycles. The summed E-state index contributed by atoms with van der Waals surface area (Å²) in [6.45, 7) is 0. The molecule has 2 aromatic rings. The number of hydrogen-bond acceptors (Lipinski definition) is 5. The maximum absolute atomic E-state index is 12.3. The van der Waals surface area contributed by atoms with E-state index in [2.05, 4.69) is 15.3 Å². The monoisotopic (exact) mass is 301 g/mol. The zero-order valence-corrected chi connectivity index (χ0v) is 11.1. The number of hydrogen-bond donors (Lipinski definition) is 3. The van der Waals surface area contributed by atoms with Gasteiger partial charge in [0.05, 0.1) is 12.2 Å². The zero-order valence-electron chi connectivity index (χ0n) is 11.1. The number of alkyl halides is 3. The summed E-state index contributed by atoms with van der Waals surface area (Å²) < 4.78 is 42.1. The fourth-order valence-corrected chi connectivity index (χ4v) is 1.94. The van der Waals surface area contributed by atoms with E-state index in [9.17, 15) is 13.2 Å². The predicted molar refractivity (Wildman–Crippen MR) is 69.9 cm³/mol. The third-order valence-corrected chi connectivity index (χ3v) is 2.92. The molecule has 0 aliphatic rings. The van der Waals surface area contributed by atoms with E-state index < -0.39 is 12.4 Å². The minimum atomic E-state index is -4.75. The number of aromatic nitrogens is 2. The molecule has 1 heterocycles. The number of benzene rings is 1. The molecule has 1 aromatic carbocycles. The number of halogens is 3. The van der Waals surface area contributed by atoms with Gasteiger partial charge in [-0.2, -0.15) is 5.10 Å². The van der Waals surface area contributed by atoms with Gasteiger partial charge in [0.1, 0.15) is 11.6 Å². The van der Waals surface area contributed by atoms with Crippen molar-refractivity contribution < 1.29 is 17.9 Å². The average molecular weight is 301 g/mol. The van der Waals surface area contributed by atoms with Crippen molar-refractivity contribution in [2.24, 2.45) is 12.9 Å². The van der Waals surface area contributed by atoms with E-state index in [1.165, 1.54) is 29.1 Å². The van der Waals surface area contributed by atoms with Crippen molar-refractivity contribution in [2.45, 2.75) is 12.4 Å². The number of nitrogens with one attached hydrogen (secondary N) is 1. The average Bonchev–Trinajstić information content (AvgIpc) is 2.71. The molecule has 0 fully saturated rings. The minimum absolute atomic E-state index is 0.331. The maximum Gasteiger partial charge on any atom is 0.573 e. The Hall–Kier alpha value is -2.26. The summed E-state index contributed by atoms with van der Waals surface area (Å²) in [7, 11) is 1.65. The second-order valence-corrected chi connectivity index (χ2v) is 4.33. The van der Waals surface area contributed by atoms with Crippen molar-refractivity contribution >= 4 is 5.82 Å². The molecule has 0 aliphatic carbocycles. The van der Waals surface area contributed by atoms with Crippen LogP contribution in [-0.2, 0) is 7.05 Å². The number of nitrogen functional groups attached to an aromatic ring is 1. The van der Waals surface area contributed by atoms with Crippen molar-refractivity contribution in [3.8, 4) is 5.75 Å². The molecule has 1 atom stereocenters. The Balaban J connectivity index is 2.35. The van der Waals surface area contributed by atoms with Gasteiger partial charge in [0.25, 0.3) is 0 Å². The van der Waals surface area contributed by atoms with Crippen LogP contribution in [0.1, 0.15) is 17.2 Å². The lowest BCUT2D eigenvalue weighted by Crippen LogP contribution is -2.29. The molecule has 5 N–H and O–H groups in total. The normalized spacial score (nSPS) is 13.2. The Morgan fingerprint density at radius 2 is 2.10 bits per heavy atom. The number of nitrogens with two attached hydrogens (primary N) is 2. The Morgan fingerprint density at radius 1 is 1.38 bits per heavy atom. The standard InChI is InChI=1S/C12H14F3N5O/c1-20-11(16)9(6-18-20)10(19-17)7-3-2-4-8(5-7)21-12(13,14)15/h2-6,10,19H,16-17H2,1H3. The van der Waals surface area contributed by atoms with Gasteiger partial charge < -0.3 is 10.5 Å². The highest BCUT2D eigenvalue weighted by molar-refractivity contribution is 5.46. The second kappa shape index (κ2) is 5.62. The molecule has 0 saturated carbocycles. The van der Waals surface area contributed by atoms with Crippen LogP contribution in [0, 0.1) is 0 Å². The van der Waals surface area contributed by atoms with E-state index in [1.807, 2.05) is 0 Å². The van der Waals surface area contributed by atoms with Gasteiger partial charge in [0, 0.05) is 12.6 Å². The number of nitrogens with zero attached hydrogens (tertiary/aromatic N) is 2. The highest BCUT2D eigenvalue weighted by atomic mass is 19.4. The summed E-state index contributed by atoms with van der Waals surface area (Å²) in [4.78, 5) is 0. The van der Waals surface area contributed by atoms with E-state index in [0.29, 0.717) is 16.9 Å². The zero-order chi connectivity index (χ0) is 15.6. The smallest absolute Gasteiger partial charge is 0.406 e. The third kappa shape index (κ3) is 3.44. The van der Waals surface area contributed by atoms with Crippen LogP contribution in [0.25, 0.3) is 0 Å². The fourth-order valence-electron chi connectivity index (χ4n) is 1.94. The predicted octanol–water partition coefficient (Wildman–Crippen LogP) is 1.45. The number of aryl methyl sites for hydroxylation is 1.